The van der Waals surface area contributed by atoms with E-state index in [1.807, 2.05) is 18.0 Å². The highest BCUT2D eigenvalue weighted by molar-refractivity contribution is 5.95. The zero-order valence-electron chi connectivity index (χ0n) is 32.5. The van der Waals surface area contributed by atoms with E-state index in [1.165, 1.54) is 47.2 Å². The van der Waals surface area contributed by atoms with Gasteiger partial charge in [-0.1, -0.05) is 13.8 Å². The number of nitriles is 1. The highest BCUT2D eigenvalue weighted by Crippen LogP contribution is 2.36. The molecular weight excluding hydrogens is 748 g/mol. The van der Waals surface area contributed by atoms with Crippen molar-refractivity contribution < 1.29 is 52.6 Å². The topological polar surface area (TPSA) is 239 Å². The third-order valence-electron chi connectivity index (χ3n) is 10.1. The number of hydrogen-bond acceptors (Lipinski definition) is 16. The van der Waals surface area contributed by atoms with Crippen molar-refractivity contribution in [3.8, 4) is 11.8 Å². The fourth-order valence-electron chi connectivity index (χ4n) is 7.14. The molecule has 3 aromatic rings. The van der Waals surface area contributed by atoms with E-state index in [1.54, 1.807) is 17.9 Å². The summed E-state index contributed by atoms with van der Waals surface area (Å²) >= 11 is 0. The molecule has 0 N–H and O–H groups in total. The minimum Gasteiger partial charge on any atom is -0.467 e. The number of likely N-dealkylation sites (N-methyl/N-ethyl adjacent to an activating group) is 1. The first kappa shape index (κ1) is 41.8. The van der Waals surface area contributed by atoms with Crippen LogP contribution in [0.2, 0.25) is 0 Å². The van der Waals surface area contributed by atoms with Crippen molar-refractivity contribution in [3.63, 3.8) is 0 Å². The number of esters is 3. The van der Waals surface area contributed by atoms with E-state index in [-0.39, 0.29) is 53.5 Å². The summed E-state index contributed by atoms with van der Waals surface area (Å²) < 4.78 is 29.2. The number of benzene rings is 1. The van der Waals surface area contributed by atoms with E-state index in [0.717, 1.165) is 27.4 Å². The van der Waals surface area contributed by atoms with Crippen LogP contribution in [0.15, 0.2) is 36.8 Å². The second-order valence-corrected chi connectivity index (χ2v) is 14.0. The normalized spacial score (nSPS) is 23.1. The Hall–Kier alpha value is -6.36. The van der Waals surface area contributed by atoms with Crippen molar-refractivity contribution in [2.75, 3.05) is 39.2 Å². The Labute approximate surface area is 327 Å². The summed E-state index contributed by atoms with van der Waals surface area (Å²) in [6.07, 6.45) is -2.13. The van der Waals surface area contributed by atoms with E-state index in [4.69, 9.17) is 28.9 Å². The molecule has 20 nitrogen and oxygen atoms in total. The second-order valence-electron chi connectivity index (χ2n) is 14.0. The van der Waals surface area contributed by atoms with Crippen molar-refractivity contribution >= 4 is 52.4 Å². The number of hydrogen-bond donors (Lipinski definition) is 0. The lowest BCUT2D eigenvalue weighted by molar-refractivity contribution is -0.385. The monoisotopic (exact) mass is 792 g/mol. The third-order valence-corrected chi connectivity index (χ3v) is 10.1. The zero-order chi connectivity index (χ0) is 41.7. The molecule has 20 heteroatoms. The standard InChI is InChI=1S/C37H44N8O12/c1-20-11-14-43(29(48)10-13-38)18-27(20)42(6)33-26-12-15-44(34(26)40-19-39-33)37(50)41(5)17-24-16-25(45(51)52)8-9-28(24)56-36-21(2)30(54-22(3)46)31(55-23(4)47)32(57-36)35(49)53-7/h8-9,12,15-16,19-21,27,30-32,36H,10-11,14,17-18H2,1-7H3/t20-,21-,27+,30-,31+,32+,36-/m1/s1. The van der Waals surface area contributed by atoms with E-state index in [9.17, 15) is 34.1 Å². The van der Waals surface area contributed by atoms with Gasteiger partial charge in [0.15, 0.2) is 24.0 Å². The maximum atomic E-state index is 14.0. The van der Waals surface area contributed by atoms with Crippen molar-refractivity contribution in [2.24, 2.45) is 11.8 Å². The number of carbonyl (C=O) groups is 5. The predicted molar refractivity (Wildman–Crippen MR) is 197 cm³/mol. The lowest BCUT2D eigenvalue weighted by Crippen LogP contribution is -2.60. The molecule has 2 aromatic heterocycles. The Morgan fingerprint density at radius 1 is 1.07 bits per heavy atom. The Balaban J connectivity index is 1.42. The van der Waals surface area contributed by atoms with Crippen LogP contribution < -0.4 is 9.64 Å². The number of ether oxygens (including phenoxy) is 5. The number of piperidine rings is 1. The number of nitro groups is 1. The number of aromatic nitrogens is 3. The van der Waals surface area contributed by atoms with Gasteiger partial charge in [0.1, 0.15) is 24.3 Å². The molecule has 2 amide bonds. The number of nitro benzene ring substituents is 1. The Morgan fingerprint density at radius 2 is 1.77 bits per heavy atom. The summed E-state index contributed by atoms with van der Waals surface area (Å²) in [4.78, 5) is 88.6. The minimum absolute atomic E-state index is 0.0423. The number of rotatable bonds is 11. The van der Waals surface area contributed by atoms with Crippen molar-refractivity contribution in [3.05, 3.63) is 52.5 Å². The van der Waals surface area contributed by atoms with E-state index in [0.29, 0.717) is 24.3 Å². The van der Waals surface area contributed by atoms with Crippen LogP contribution in [0.4, 0.5) is 16.3 Å². The number of nitrogens with zero attached hydrogens (tertiary/aromatic N) is 8. The Kier molecular flexibility index (Phi) is 12.9. The molecule has 0 aliphatic carbocycles. The highest BCUT2D eigenvalue weighted by Gasteiger charge is 2.52. The number of anilines is 1. The van der Waals surface area contributed by atoms with E-state index >= 15 is 0 Å². The second kappa shape index (κ2) is 17.6. The molecule has 2 fully saturated rings. The fraction of sp³-hybridized carbons (Fsp3) is 0.514. The maximum Gasteiger partial charge on any atom is 0.339 e. The molecule has 0 saturated carbocycles. The largest absolute Gasteiger partial charge is 0.467 e. The Bertz CT molecular complexity index is 2080. The van der Waals surface area contributed by atoms with E-state index < -0.39 is 59.4 Å². The summed E-state index contributed by atoms with van der Waals surface area (Å²) in [5.74, 6) is -2.78. The van der Waals surface area contributed by atoms with Gasteiger partial charge in [0, 0.05) is 64.9 Å². The minimum atomic E-state index is -1.57. The van der Waals surface area contributed by atoms with Gasteiger partial charge in [-0.3, -0.25) is 29.1 Å². The average Bonchev–Trinajstić information content (AvgIpc) is 3.61. The van der Waals surface area contributed by atoms with Crippen molar-refractivity contribution in [2.45, 2.75) is 77.7 Å². The predicted octanol–water partition coefficient (Wildman–Crippen LogP) is 2.80. The molecule has 2 saturated heterocycles. The molecule has 2 aliphatic rings. The molecule has 0 unspecified atom stereocenters. The first-order valence-corrected chi connectivity index (χ1v) is 18.0. The Morgan fingerprint density at radius 3 is 2.42 bits per heavy atom. The van der Waals surface area contributed by atoms with Crippen LogP contribution >= 0.6 is 0 Å². The van der Waals surface area contributed by atoms with Crippen LogP contribution in [0.25, 0.3) is 11.0 Å². The molecule has 1 aromatic carbocycles. The van der Waals surface area contributed by atoms with Crippen molar-refractivity contribution in [1.29, 1.82) is 5.26 Å². The summed E-state index contributed by atoms with van der Waals surface area (Å²) in [6, 6.07) is 6.66. The van der Waals surface area contributed by atoms with Gasteiger partial charge in [0.25, 0.3) is 5.69 Å². The summed E-state index contributed by atoms with van der Waals surface area (Å²) in [5.41, 5.74) is 0.176. The third kappa shape index (κ3) is 9.04. The van der Waals surface area contributed by atoms with Crippen LogP contribution in [0.1, 0.15) is 46.1 Å². The molecule has 57 heavy (non-hydrogen) atoms. The summed E-state index contributed by atoms with van der Waals surface area (Å²) in [7, 11) is 4.43. The molecule has 0 bridgehead atoms. The van der Waals surface area contributed by atoms with Crippen LogP contribution in [-0.4, -0.2) is 124 Å². The molecule has 0 radical (unpaired) electrons. The summed E-state index contributed by atoms with van der Waals surface area (Å²) in [6.45, 7) is 6.64. The average molecular weight is 793 g/mol. The molecule has 304 valence electrons. The number of fused-ring (bicyclic) bond motifs is 1. The van der Waals surface area contributed by atoms with Gasteiger partial charge in [-0.15, -0.1) is 0 Å². The number of non-ortho nitro benzene ring substituents is 1. The molecule has 0 spiro atoms. The molecule has 7 atom stereocenters. The van der Waals surface area contributed by atoms with Crippen LogP contribution in [0.3, 0.4) is 0 Å². The molecular formula is C37H44N8O12. The first-order valence-electron chi connectivity index (χ1n) is 18.0. The molecule has 4 heterocycles. The van der Waals surface area contributed by atoms with Gasteiger partial charge < -0.3 is 38.4 Å². The quantitative estimate of drug-likeness (QED) is 0.117. The van der Waals surface area contributed by atoms with Gasteiger partial charge >= 0.3 is 23.9 Å². The van der Waals surface area contributed by atoms with Crippen molar-refractivity contribution in [1.82, 2.24) is 24.3 Å². The van der Waals surface area contributed by atoms with Gasteiger partial charge in [0.05, 0.1) is 42.0 Å². The number of amides is 2. The number of likely N-dealkylation sites (tertiary alicyclic amines) is 1. The SMILES string of the molecule is COC(=O)[C@H]1O[C@@H](Oc2ccc([N+](=O)[O-])cc2CN(C)C(=O)n2ccc3c(N(C)[C@H]4CN(C(=O)CC#N)CC[C@H]4C)ncnc32)[C@H](C)[C@@H](OC(C)=O)[C@@H]1OC(C)=O. The van der Waals surface area contributed by atoms with Crippen LogP contribution in [-0.2, 0) is 44.7 Å². The van der Waals surface area contributed by atoms with E-state index in [2.05, 4.69) is 16.9 Å². The fourth-order valence-corrected chi connectivity index (χ4v) is 7.14. The van der Waals surface area contributed by atoms with Crippen LogP contribution in [0, 0.1) is 33.3 Å². The zero-order valence-corrected chi connectivity index (χ0v) is 32.5. The van der Waals surface area contributed by atoms with Gasteiger partial charge in [-0.25, -0.2) is 19.6 Å². The lowest BCUT2D eigenvalue weighted by Gasteiger charge is -2.43. The number of carbonyl (C=O) groups excluding carboxylic acids is 5. The van der Waals surface area contributed by atoms with Gasteiger partial charge in [0.2, 0.25) is 12.2 Å². The summed E-state index contributed by atoms with van der Waals surface area (Å²) in [5, 5.41) is 21.5. The first-order chi connectivity index (χ1) is 27.1. The highest BCUT2D eigenvalue weighted by atomic mass is 16.7. The smallest absolute Gasteiger partial charge is 0.339 e. The van der Waals surface area contributed by atoms with Gasteiger partial charge in [-0.2, -0.15) is 5.26 Å². The van der Waals surface area contributed by atoms with Gasteiger partial charge in [-0.05, 0) is 24.5 Å². The maximum absolute atomic E-state index is 14.0. The number of methoxy groups -OCH3 is 1. The molecule has 2 aliphatic heterocycles. The lowest BCUT2D eigenvalue weighted by atomic mass is 9.91. The molecule has 5 rings (SSSR count). The van der Waals surface area contributed by atoms with Crippen LogP contribution in [0.5, 0.6) is 5.75 Å².